The Morgan fingerprint density at radius 3 is 1.88 bits per heavy atom. The van der Waals surface area contributed by atoms with Crippen molar-refractivity contribution in [3.05, 3.63) is 78.4 Å². The molecule has 0 aliphatic carbocycles. The molecule has 0 heterocycles. The van der Waals surface area contributed by atoms with E-state index in [0.29, 0.717) is 33.9 Å². The molecule has 3 rings (SSSR count). The van der Waals surface area contributed by atoms with Crippen LogP contribution in [0.4, 0.5) is 13.2 Å². The summed E-state index contributed by atoms with van der Waals surface area (Å²) < 4.78 is 52.9. The van der Waals surface area contributed by atoms with E-state index in [4.69, 9.17) is 14.6 Å². The fraction of sp³-hybridized carbons (Fsp3) is 0.192. The van der Waals surface area contributed by atoms with Crippen molar-refractivity contribution in [3.8, 4) is 34.1 Å². The van der Waals surface area contributed by atoms with Gasteiger partial charge in [0.2, 0.25) is 0 Å². The average Bonchev–Trinajstić information content (AvgIpc) is 2.72. The minimum Gasteiger partial charge on any atom is -0.488 e. The van der Waals surface area contributed by atoms with E-state index in [-0.39, 0.29) is 11.4 Å². The van der Waals surface area contributed by atoms with Crippen LogP contribution in [0.25, 0.3) is 17.2 Å². The predicted octanol–water partition coefficient (Wildman–Crippen LogP) is 7.32. The maximum Gasteiger partial charge on any atom is 0.573 e. The van der Waals surface area contributed by atoms with Gasteiger partial charge < -0.3 is 19.3 Å². The quantitative estimate of drug-likeness (QED) is 0.365. The Bertz CT molecular complexity index is 1160. The molecule has 0 fully saturated rings. The van der Waals surface area contributed by atoms with Crippen molar-refractivity contribution in [2.45, 2.75) is 32.7 Å². The third kappa shape index (κ3) is 7.58. The second-order valence-electron chi connectivity index (χ2n) is 8.28. The monoisotopic (exact) mass is 472 g/mol. The number of halogens is 3. The number of hydrogen-bond donors (Lipinski definition) is 1. The third-order valence-electron chi connectivity index (χ3n) is 4.32. The first-order chi connectivity index (χ1) is 15.9. The standard InChI is InChI=1S/C26H23F3O5/c1-25(2,3)33-21-13-11-20(12-14-21)32-23-16-19(5-4-18(23)8-15-24(30)31)17-6-9-22(10-7-17)34-26(27,28)29/h4-16H,1-3H3,(H,30,31). The maximum atomic E-state index is 12.4. The van der Waals surface area contributed by atoms with Gasteiger partial charge in [0.25, 0.3) is 0 Å². The minimum absolute atomic E-state index is 0.327. The zero-order valence-electron chi connectivity index (χ0n) is 18.7. The maximum absolute atomic E-state index is 12.4. The van der Waals surface area contributed by atoms with Gasteiger partial charge >= 0.3 is 12.3 Å². The summed E-state index contributed by atoms with van der Waals surface area (Å²) in [5.74, 6) is 0.0958. The topological polar surface area (TPSA) is 65.0 Å². The molecule has 0 bridgehead atoms. The van der Waals surface area contributed by atoms with E-state index >= 15 is 0 Å². The van der Waals surface area contributed by atoms with Gasteiger partial charge in [0, 0.05) is 11.6 Å². The number of carboxylic acids is 1. The van der Waals surface area contributed by atoms with Gasteiger partial charge in [-0.05, 0) is 80.4 Å². The molecule has 178 valence electrons. The van der Waals surface area contributed by atoms with E-state index in [1.54, 1.807) is 42.5 Å². The van der Waals surface area contributed by atoms with Crippen LogP contribution in [0.1, 0.15) is 26.3 Å². The SMILES string of the molecule is CC(C)(C)Oc1ccc(Oc2cc(-c3ccc(OC(F)(F)F)cc3)ccc2C=CC(=O)O)cc1. The molecule has 0 aliphatic rings. The molecule has 0 aromatic heterocycles. The normalized spacial score (nSPS) is 11.9. The summed E-state index contributed by atoms with van der Waals surface area (Å²) in [7, 11) is 0. The summed E-state index contributed by atoms with van der Waals surface area (Å²) in [6.45, 7) is 5.81. The lowest BCUT2D eigenvalue weighted by Crippen LogP contribution is -2.22. The molecule has 34 heavy (non-hydrogen) atoms. The molecule has 0 saturated carbocycles. The van der Waals surface area contributed by atoms with Crippen molar-refractivity contribution in [3.63, 3.8) is 0 Å². The van der Waals surface area contributed by atoms with Gasteiger partial charge in [-0.1, -0.05) is 24.3 Å². The first-order valence-corrected chi connectivity index (χ1v) is 10.3. The number of carbonyl (C=O) groups is 1. The van der Waals surface area contributed by atoms with E-state index in [1.807, 2.05) is 20.8 Å². The molecule has 0 amide bonds. The van der Waals surface area contributed by atoms with Crippen molar-refractivity contribution in [1.82, 2.24) is 0 Å². The summed E-state index contributed by atoms with van der Waals surface area (Å²) in [5, 5.41) is 8.98. The molecular weight excluding hydrogens is 449 g/mol. The van der Waals surface area contributed by atoms with Crippen LogP contribution in [0.3, 0.4) is 0 Å². The summed E-state index contributed by atoms with van der Waals surface area (Å²) in [5.41, 5.74) is 1.45. The van der Waals surface area contributed by atoms with E-state index < -0.39 is 12.3 Å². The highest BCUT2D eigenvalue weighted by Crippen LogP contribution is 2.34. The van der Waals surface area contributed by atoms with E-state index in [1.165, 1.54) is 30.3 Å². The number of alkyl halides is 3. The van der Waals surface area contributed by atoms with Gasteiger partial charge in [0.15, 0.2) is 0 Å². The molecule has 0 saturated heterocycles. The van der Waals surface area contributed by atoms with Crippen molar-refractivity contribution < 1.29 is 37.3 Å². The lowest BCUT2D eigenvalue weighted by Gasteiger charge is -2.21. The first kappa shape index (κ1) is 24.7. The summed E-state index contributed by atoms with van der Waals surface area (Å²) in [6.07, 6.45) is -2.38. The predicted molar refractivity (Wildman–Crippen MR) is 122 cm³/mol. The molecule has 3 aromatic rings. The van der Waals surface area contributed by atoms with E-state index in [0.717, 1.165) is 6.08 Å². The fourth-order valence-corrected chi connectivity index (χ4v) is 3.01. The Morgan fingerprint density at radius 2 is 1.32 bits per heavy atom. The van der Waals surface area contributed by atoms with Crippen LogP contribution in [0.15, 0.2) is 72.8 Å². The van der Waals surface area contributed by atoms with Gasteiger partial charge in [0.1, 0.15) is 28.6 Å². The summed E-state index contributed by atoms with van der Waals surface area (Å²) in [6, 6.07) is 17.5. The van der Waals surface area contributed by atoms with E-state index in [9.17, 15) is 18.0 Å². The minimum atomic E-state index is -4.77. The highest BCUT2D eigenvalue weighted by molar-refractivity contribution is 5.86. The van der Waals surface area contributed by atoms with Crippen molar-refractivity contribution in [2.24, 2.45) is 0 Å². The lowest BCUT2D eigenvalue weighted by molar-refractivity contribution is -0.274. The second-order valence-corrected chi connectivity index (χ2v) is 8.28. The van der Waals surface area contributed by atoms with Crippen LogP contribution in [-0.4, -0.2) is 23.0 Å². The lowest BCUT2D eigenvalue weighted by atomic mass is 10.0. The number of hydrogen-bond acceptors (Lipinski definition) is 4. The highest BCUT2D eigenvalue weighted by Gasteiger charge is 2.31. The van der Waals surface area contributed by atoms with Crippen LogP contribution in [-0.2, 0) is 4.79 Å². The third-order valence-corrected chi connectivity index (χ3v) is 4.32. The number of ether oxygens (including phenoxy) is 3. The van der Waals surface area contributed by atoms with Gasteiger partial charge in [-0.15, -0.1) is 13.2 Å². The largest absolute Gasteiger partial charge is 0.573 e. The van der Waals surface area contributed by atoms with Gasteiger partial charge in [-0.2, -0.15) is 0 Å². The Morgan fingerprint density at radius 1 is 0.794 bits per heavy atom. The first-order valence-electron chi connectivity index (χ1n) is 10.3. The smallest absolute Gasteiger partial charge is 0.488 e. The number of rotatable bonds is 7. The highest BCUT2D eigenvalue weighted by atomic mass is 19.4. The van der Waals surface area contributed by atoms with Crippen LogP contribution < -0.4 is 14.2 Å². The molecule has 0 spiro atoms. The van der Waals surface area contributed by atoms with Crippen molar-refractivity contribution in [2.75, 3.05) is 0 Å². The Labute approximate surface area is 195 Å². The number of benzene rings is 3. The zero-order valence-corrected chi connectivity index (χ0v) is 18.7. The Balaban J connectivity index is 1.89. The van der Waals surface area contributed by atoms with E-state index in [2.05, 4.69) is 4.74 Å². The summed E-state index contributed by atoms with van der Waals surface area (Å²) in [4.78, 5) is 11.0. The molecule has 0 radical (unpaired) electrons. The molecule has 1 N–H and O–H groups in total. The van der Waals surface area contributed by atoms with Crippen molar-refractivity contribution in [1.29, 1.82) is 0 Å². The number of aliphatic carboxylic acids is 1. The van der Waals surface area contributed by atoms with Gasteiger partial charge in [0.05, 0.1) is 0 Å². The van der Waals surface area contributed by atoms with Crippen molar-refractivity contribution >= 4 is 12.0 Å². The summed E-state index contributed by atoms with van der Waals surface area (Å²) >= 11 is 0. The molecule has 0 atom stereocenters. The molecule has 5 nitrogen and oxygen atoms in total. The van der Waals surface area contributed by atoms with Gasteiger partial charge in [-0.25, -0.2) is 4.79 Å². The molecular formula is C26H23F3O5. The molecule has 8 heteroatoms. The molecule has 3 aromatic carbocycles. The molecule has 0 aliphatic heterocycles. The Kier molecular flexibility index (Phi) is 7.20. The van der Waals surface area contributed by atoms with Crippen LogP contribution in [0, 0.1) is 0 Å². The Hall–Kier alpha value is -3.94. The van der Waals surface area contributed by atoms with Crippen LogP contribution >= 0.6 is 0 Å². The second kappa shape index (κ2) is 9.91. The number of carboxylic acid groups (broad SMARTS) is 1. The molecule has 0 unspecified atom stereocenters. The zero-order chi connectivity index (χ0) is 24.9. The average molecular weight is 472 g/mol. The van der Waals surface area contributed by atoms with Crippen LogP contribution in [0.5, 0.6) is 23.0 Å². The van der Waals surface area contributed by atoms with Gasteiger partial charge in [-0.3, -0.25) is 0 Å². The fourth-order valence-electron chi connectivity index (χ4n) is 3.01. The van der Waals surface area contributed by atoms with Crippen LogP contribution in [0.2, 0.25) is 0 Å².